The summed E-state index contributed by atoms with van der Waals surface area (Å²) in [6.45, 7) is 4.04. The molecule has 1 amide bonds. The SMILES string of the molecule is Cc1cc(C)n(CC(=O)N/N=C2\CCc3ccccc32)n1. The summed E-state index contributed by atoms with van der Waals surface area (Å²) in [5.41, 5.74) is 7.91. The number of amides is 1. The minimum absolute atomic E-state index is 0.155. The molecule has 5 nitrogen and oxygen atoms in total. The monoisotopic (exact) mass is 282 g/mol. The van der Waals surface area contributed by atoms with Crippen LogP contribution in [0.15, 0.2) is 35.4 Å². The fraction of sp³-hybridized carbons (Fsp3) is 0.312. The highest BCUT2D eigenvalue weighted by molar-refractivity contribution is 6.04. The lowest BCUT2D eigenvalue weighted by Gasteiger charge is -2.04. The Kier molecular flexibility index (Phi) is 3.56. The molecule has 1 aliphatic carbocycles. The predicted octanol–water partition coefficient (Wildman–Crippen LogP) is 1.97. The zero-order chi connectivity index (χ0) is 14.8. The Morgan fingerprint density at radius 1 is 1.33 bits per heavy atom. The molecule has 0 aliphatic heterocycles. The highest BCUT2D eigenvalue weighted by Gasteiger charge is 2.17. The molecule has 0 saturated heterocycles. The van der Waals surface area contributed by atoms with Crippen molar-refractivity contribution in [2.24, 2.45) is 5.10 Å². The average molecular weight is 282 g/mol. The van der Waals surface area contributed by atoms with Gasteiger partial charge in [-0.3, -0.25) is 9.48 Å². The minimum atomic E-state index is -0.155. The van der Waals surface area contributed by atoms with Crippen LogP contribution in [-0.2, 0) is 17.8 Å². The van der Waals surface area contributed by atoms with E-state index in [1.54, 1.807) is 4.68 Å². The van der Waals surface area contributed by atoms with Crippen molar-refractivity contribution in [1.29, 1.82) is 0 Å². The molecule has 0 radical (unpaired) electrons. The first-order valence-corrected chi connectivity index (χ1v) is 7.08. The first-order chi connectivity index (χ1) is 10.1. The Bertz CT molecular complexity index is 715. The van der Waals surface area contributed by atoms with Crippen LogP contribution in [0.5, 0.6) is 0 Å². The summed E-state index contributed by atoms with van der Waals surface area (Å²) < 4.78 is 1.69. The van der Waals surface area contributed by atoms with Crippen molar-refractivity contribution >= 4 is 11.6 Å². The van der Waals surface area contributed by atoms with Gasteiger partial charge < -0.3 is 0 Å². The molecule has 1 heterocycles. The number of nitrogens with zero attached hydrogens (tertiary/aromatic N) is 3. The van der Waals surface area contributed by atoms with Gasteiger partial charge in [0.05, 0.1) is 11.4 Å². The largest absolute Gasteiger partial charge is 0.271 e. The lowest BCUT2D eigenvalue weighted by Crippen LogP contribution is -2.25. The summed E-state index contributed by atoms with van der Waals surface area (Å²) >= 11 is 0. The molecule has 0 saturated carbocycles. The van der Waals surface area contributed by atoms with E-state index in [0.717, 1.165) is 35.5 Å². The van der Waals surface area contributed by atoms with E-state index < -0.39 is 0 Å². The number of hydrazone groups is 1. The second-order valence-corrected chi connectivity index (χ2v) is 5.34. The van der Waals surface area contributed by atoms with Crippen LogP contribution < -0.4 is 5.43 Å². The van der Waals surface area contributed by atoms with E-state index in [9.17, 15) is 4.79 Å². The van der Waals surface area contributed by atoms with Crippen LogP contribution in [0.4, 0.5) is 0 Å². The van der Waals surface area contributed by atoms with Gasteiger partial charge in [0.1, 0.15) is 6.54 Å². The third-order valence-corrected chi connectivity index (χ3v) is 3.67. The maximum atomic E-state index is 12.0. The Hall–Kier alpha value is -2.43. The molecular weight excluding hydrogens is 264 g/mol. The number of benzene rings is 1. The highest BCUT2D eigenvalue weighted by Crippen LogP contribution is 2.21. The summed E-state index contributed by atoms with van der Waals surface area (Å²) in [6, 6.07) is 10.1. The molecule has 3 rings (SSSR count). The number of nitrogens with one attached hydrogen (secondary N) is 1. The summed E-state index contributed by atoms with van der Waals surface area (Å²) in [7, 11) is 0. The highest BCUT2D eigenvalue weighted by atomic mass is 16.2. The van der Waals surface area contributed by atoms with Gasteiger partial charge in [-0.25, -0.2) is 5.43 Å². The number of hydrogen-bond donors (Lipinski definition) is 1. The minimum Gasteiger partial charge on any atom is -0.271 e. The number of carbonyl (C=O) groups excluding carboxylic acids is 1. The van der Waals surface area contributed by atoms with E-state index in [1.165, 1.54) is 5.56 Å². The maximum Gasteiger partial charge on any atom is 0.261 e. The number of carbonyl (C=O) groups is 1. The van der Waals surface area contributed by atoms with Crippen LogP contribution in [0.2, 0.25) is 0 Å². The maximum absolute atomic E-state index is 12.0. The van der Waals surface area contributed by atoms with Gasteiger partial charge in [0.25, 0.3) is 5.91 Å². The third-order valence-electron chi connectivity index (χ3n) is 3.67. The molecule has 108 valence electrons. The van der Waals surface area contributed by atoms with E-state index in [-0.39, 0.29) is 12.5 Å². The van der Waals surface area contributed by atoms with E-state index >= 15 is 0 Å². The summed E-state index contributed by atoms with van der Waals surface area (Å²) in [5, 5.41) is 8.55. The first kappa shape index (κ1) is 13.5. The summed E-state index contributed by atoms with van der Waals surface area (Å²) in [5.74, 6) is -0.155. The van der Waals surface area contributed by atoms with Crippen molar-refractivity contribution in [3.8, 4) is 0 Å². The zero-order valence-corrected chi connectivity index (χ0v) is 12.3. The quantitative estimate of drug-likeness (QED) is 0.875. The van der Waals surface area contributed by atoms with Gasteiger partial charge in [-0.15, -0.1) is 0 Å². The summed E-state index contributed by atoms with van der Waals surface area (Å²) in [4.78, 5) is 12.0. The van der Waals surface area contributed by atoms with Gasteiger partial charge in [-0.1, -0.05) is 24.3 Å². The van der Waals surface area contributed by atoms with Gasteiger partial charge in [0.15, 0.2) is 0 Å². The van der Waals surface area contributed by atoms with Crippen molar-refractivity contribution in [2.75, 3.05) is 0 Å². The van der Waals surface area contributed by atoms with Crippen molar-refractivity contribution in [2.45, 2.75) is 33.2 Å². The molecule has 1 aliphatic rings. The lowest BCUT2D eigenvalue weighted by molar-refractivity contribution is -0.121. The Morgan fingerprint density at radius 2 is 2.14 bits per heavy atom. The Balaban J connectivity index is 1.67. The normalized spacial score (nSPS) is 15.2. The molecule has 0 bridgehead atoms. The summed E-state index contributed by atoms with van der Waals surface area (Å²) in [6.07, 6.45) is 1.86. The van der Waals surface area contributed by atoms with Crippen molar-refractivity contribution < 1.29 is 4.79 Å². The zero-order valence-electron chi connectivity index (χ0n) is 12.3. The van der Waals surface area contributed by atoms with Crippen LogP contribution in [0.1, 0.15) is 28.9 Å². The average Bonchev–Trinajstić information content (AvgIpc) is 3.00. The van der Waals surface area contributed by atoms with E-state index in [1.807, 2.05) is 38.1 Å². The number of aromatic nitrogens is 2. The third kappa shape index (κ3) is 2.86. The molecule has 5 heteroatoms. The molecule has 0 fully saturated rings. The van der Waals surface area contributed by atoms with E-state index in [0.29, 0.717) is 0 Å². The number of hydrogen-bond acceptors (Lipinski definition) is 3. The molecule has 1 aromatic heterocycles. The van der Waals surface area contributed by atoms with Crippen molar-refractivity contribution in [3.05, 3.63) is 52.8 Å². The topological polar surface area (TPSA) is 59.3 Å². The van der Waals surface area contributed by atoms with Crippen LogP contribution in [0, 0.1) is 13.8 Å². The Morgan fingerprint density at radius 3 is 2.90 bits per heavy atom. The second kappa shape index (κ2) is 5.52. The molecule has 0 atom stereocenters. The van der Waals surface area contributed by atoms with Gasteiger partial charge in [-0.05, 0) is 38.3 Å². The van der Waals surface area contributed by atoms with Gasteiger partial charge >= 0.3 is 0 Å². The lowest BCUT2D eigenvalue weighted by atomic mass is 10.1. The molecule has 1 aromatic carbocycles. The van der Waals surface area contributed by atoms with E-state index in [4.69, 9.17) is 0 Å². The molecule has 0 spiro atoms. The van der Waals surface area contributed by atoms with Gasteiger partial charge in [0.2, 0.25) is 0 Å². The first-order valence-electron chi connectivity index (χ1n) is 7.08. The van der Waals surface area contributed by atoms with Crippen LogP contribution in [0.25, 0.3) is 0 Å². The molecule has 2 aromatic rings. The molecule has 21 heavy (non-hydrogen) atoms. The van der Waals surface area contributed by atoms with Crippen molar-refractivity contribution in [3.63, 3.8) is 0 Å². The fourth-order valence-corrected chi connectivity index (χ4v) is 2.66. The van der Waals surface area contributed by atoms with Gasteiger partial charge in [0, 0.05) is 11.3 Å². The second-order valence-electron chi connectivity index (χ2n) is 5.34. The number of rotatable bonds is 3. The van der Waals surface area contributed by atoms with E-state index in [2.05, 4.69) is 21.7 Å². The van der Waals surface area contributed by atoms with Crippen LogP contribution in [-0.4, -0.2) is 21.4 Å². The standard InChI is InChI=1S/C16H18N4O/c1-11-9-12(2)20(19-11)10-16(21)18-17-15-8-7-13-5-3-4-6-14(13)15/h3-6,9H,7-8,10H2,1-2H3,(H,18,21)/b17-15+. The number of aryl methyl sites for hydroxylation is 3. The van der Waals surface area contributed by atoms with Gasteiger partial charge in [-0.2, -0.15) is 10.2 Å². The van der Waals surface area contributed by atoms with Crippen LogP contribution >= 0.6 is 0 Å². The van der Waals surface area contributed by atoms with Crippen molar-refractivity contribution in [1.82, 2.24) is 15.2 Å². The fourth-order valence-electron chi connectivity index (χ4n) is 2.66. The smallest absolute Gasteiger partial charge is 0.261 e. The molecule has 1 N–H and O–H groups in total. The predicted molar refractivity (Wildman–Crippen MR) is 81.1 cm³/mol. The number of fused-ring (bicyclic) bond motifs is 1. The Labute approximate surface area is 123 Å². The molecule has 0 unspecified atom stereocenters. The van der Waals surface area contributed by atoms with Crippen LogP contribution in [0.3, 0.4) is 0 Å². The molecular formula is C16H18N4O.